The van der Waals surface area contributed by atoms with Crippen molar-refractivity contribution in [3.05, 3.63) is 22.4 Å². The predicted molar refractivity (Wildman–Crippen MR) is 67.8 cm³/mol. The van der Waals surface area contributed by atoms with Gasteiger partial charge in [-0.3, -0.25) is 0 Å². The maximum Gasteiger partial charge on any atom is 0.246 e. The Morgan fingerprint density at radius 3 is 2.67 bits per heavy atom. The second-order valence-corrected chi connectivity index (χ2v) is 6.94. The molecule has 8 heteroatoms. The minimum Gasteiger partial charge on any atom is -0.398 e. The molecule has 1 aromatic carbocycles. The minimum atomic E-state index is -3.87. The number of halogens is 2. The molecule has 2 rings (SSSR count). The summed E-state index contributed by atoms with van der Waals surface area (Å²) in [7, 11) is -3.87. The number of rotatable bonds is 3. The number of hydrogen-bond acceptors (Lipinski definition) is 4. The summed E-state index contributed by atoms with van der Waals surface area (Å²) in [5, 5.41) is 8.85. The molecule has 0 saturated carbocycles. The molecule has 5 nitrogen and oxygen atoms in total. The number of nitrogens with zero attached hydrogens (tertiary/aromatic N) is 1. The van der Waals surface area contributed by atoms with Gasteiger partial charge < -0.3 is 10.8 Å². The molecule has 1 heterocycles. The minimum absolute atomic E-state index is 0.0724. The lowest BCUT2D eigenvalue weighted by atomic mass is 10.1. The average Bonchev–Trinajstić information content (AvgIpc) is 2.21. The number of nitrogen functional groups attached to an aromatic ring is 1. The second kappa shape index (κ2) is 4.76. The molecule has 0 bridgehead atoms. The quantitative estimate of drug-likeness (QED) is 0.798. The lowest BCUT2D eigenvalue weighted by molar-refractivity contribution is 0.117. The fourth-order valence-corrected chi connectivity index (χ4v) is 3.70. The maximum atomic E-state index is 13.7. The molecular weight excluding hydrogens is 327 g/mol. The first-order valence-corrected chi connectivity index (χ1v) is 7.45. The van der Waals surface area contributed by atoms with Crippen LogP contribution >= 0.6 is 15.9 Å². The third-order valence-corrected chi connectivity index (χ3v) is 5.38. The molecule has 18 heavy (non-hydrogen) atoms. The van der Waals surface area contributed by atoms with Crippen molar-refractivity contribution < 1.29 is 17.9 Å². The number of aliphatic hydroxyl groups excluding tert-OH is 1. The van der Waals surface area contributed by atoms with Crippen molar-refractivity contribution in [3.8, 4) is 0 Å². The topological polar surface area (TPSA) is 83.6 Å². The molecule has 3 N–H and O–H groups in total. The maximum absolute atomic E-state index is 13.7. The number of anilines is 1. The normalized spacial score (nSPS) is 17.7. The standard InChI is InChI=1S/C10H12BrFN2O3S/c11-7-1-8(12)10(2-9(7)13)18(16,17)14-3-6(4-14)5-15/h1-2,6,15H,3-5,13H2. The second-order valence-electron chi connectivity index (χ2n) is 4.17. The molecular formula is C10H12BrFN2O3S. The lowest BCUT2D eigenvalue weighted by Crippen LogP contribution is -2.51. The van der Waals surface area contributed by atoms with Crippen molar-refractivity contribution >= 4 is 31.6 Å². The Morgan fingerprint density at radius 2 is 2.11 bits per heavy atom. The number of hydrogen-bond donors (Lipinski definition) is 2. The van der Waals surface area contributed by atoms with Crippen LogP contribution in [0.4, 0.5) is 10.1 Å². The number of aliphatic hydroxyl groups is 1. The van der Waals surface area contributed by atoms with Gasteiger partial charge in [0.05, 0.1) is 0 Å². The summed E-state index contributed by atoms with van der Waals surface area (Å²) in [6, 6.07) is 2.13. The average molecular weight is 339 g/mol. The number of sulfonamides is 1. The molecule has 0 aliphatic carbocycles. The molecule has 0 atom stereocenters. The summed E-state index contributed by atoms with van der Waals surface area (Å²) in [4.78, 5) is -0.431. The van der Waals surface area contributed by atoms with Gasteiger partial charge in [0.1, 0.15) is 10.7 Å². The van der Waals surface area contributed by atoms with Crippen LogP contribution < -0.4 is 5.73 Å². The van der Waals surface area contributed by atoms with E-state index in [9.17, 15) is 12.8 Å². The monoisotopic (exact) mass is 338 g/mol. The van der Waals surface area contributed by atoms with Gasteiger partial charge >= 0.3 is 0 Å². The molecule has 0 aromatic heterocycles. The van der Waals surface area contributed by atoms with E-state index in [1.165, 1.54) is 0 Å². The van der Waals surface area contributed by atoms with E-state index < -0.39 is 20.7 Å². The van der Waals surface area contributed by atoms with Gasteiger partial charge in [0.25, 0.3) is 0 Å². The SMILES string of the molecule is Nc1cc(S(=O)(=O)N2CC(CO)C2)c(F)cc1Br. The molecule has 1 saturated heterocycles. The predicted octanol–water partition coefficient (Wildman–Crippen LogP) is 0.783. The van der Waals surface area contributed by atoms with Crippen molar-refractivity contribution in [2.24, 2.45) is 5.92 Å². The first kappa shape index (κ1) is 13.7. The van der Waals surface area contributed by atoms with Gasteiger partial charge in [0, 0.05) is 35.8 Å². The van der Waals surface area contributed by atoms with E-state index in [4.69, 9.17) is 10.8 Å². The van der Waals surface area contributed by atoms with E-state index in [0.29, 0.717) is 4.47 Å². The van der Waals surface area contributed by atoms with E-state index >= 15 is 0 Å². The van der Waals surface area contributed by atoms with Gasteiger partial charge in [-0.05, 0) is 28.1 Å². The molecule has 1 aliphatic heterocycles. The molecule has 100 valence electrons. The highest BCUT2D eigenvalue weighted by Gasteiger charge is 2.37. The van der Waals surface area contributed by atoms with Gasteiger partial charge in [0.15, 0.2) is 0 Å². The Hall–Kier alpha value is -0.700. The summed E-state index contributed by atoms with van der Waals surface area (Å²) in [6.07, 6.45) is 0. The highest BCUT2D eigenvalue weighted by atomic mass is 79.9. The van der Waals surface area contributed by atoms with Crippen LogP contribution in [0, 0.1) is 11.7 Å². The zero-order chi connectivity index (χ0) is 13.5. The molecule has 0 amide bonds. The van der Waals surface area contributed by atoms with Crippen LogP contribution in [0.25, 0.3) is 0 Å². The summed E-state index contributed by atoms with van der Waals surface area (Å²) in [6.45, 7) is 0.333. The Kier molecular flexibility index (Phi) is 3.63. The third-order valence-electron chi connectivity index (χ3n) is 2.85. The fourth-order valence-electron chi connectivity index (χ4n) is 1.72. The van der Waals surface area contributed by atoms with Crippen LogP contribution in [-0.4, -0.2) is 37.5 Å². The van der Waals surface area contributed by atoms with Crippen molar-refractivity contribution in [2.45, 2.75) is 4.90 Å². The van der Waals surface area contributed by atoms with Crippen LogP contribution in [0.3, 0.4) is 0 Å². The van der Waals surface area contributed by atoms with E-state index in [1.54, 1.807) is 0 Å². The number of benzene rings is 1. The Balaban J connectivity index is 2.34. The van der Waals surface area contributed by atoms with Crippen LogP contribution in [-0.2, 0) is 10.0 Å². The van der Waals surface area contributed by atoms with Crippen LogP contribution in [0.5, 0.6) is 0 Å². The van der Waals surface area contributed by atoms with E-state index in [1.807, 2.05) is 0 Å². The van der Waals surface area contributed by atoms with Crippen molar-refractivity contribution in [2.75, 3.05) is 25.4 Å². The Morgan fingerprint density at radius 1 is 1.50 bits per heavy atom. The highest BCUT2D eigenvalue weighted by molar-refractivity contribution is 9.10. The van der Waals surface area contributed by atoms with Gasteiger partial charge in [-0.15, -0.1) is 0 Å². The van der Waals surface area contributed by atoms with Crippen molar-refractivity contribution in [1.82, 2.24) is 4.31 Å². The first-order chi connectivity index (χ1) is 8.36. The molecule has 0 unspecified atom stereocenters. The van der Waals surface area contributed by atoms with Gasteiger partial charge in [-0.1, -0.05) is 0 Å². The zero-order valence-corrected chi connectivity index (χ0v) is 11.7. The summed E-state index contributed by atoms with van der Waals surface area (Å²) >= 11 is 3.03. The lowest BCUT2D eigenvalue weighted by Gasteiger charge is -2.36. The number of nitrogens with two attached hydrogens (primary N) is 1. The molecule has 1 fully saturated rings. The van der Waals surface area contributed by atoms with Gasteiger partial charge in [-0.2, -0.15) is 4.31 Å². The Labute approximate surface area is 113 Å². The van der Waals surface area contributed by atoms with E-state index in [2.05, 4.69) is 15.9 Å². The van der Waals surface area contributed by atoms with E-state index in [0.717, 1.165) is 16.4 Å². The summed E-state index contributed by atoms with van der Waals surface area (Å²) < 4.78 is 39.3. The van der Waals surface area contributed by atoms with E-state index in [-0.39, 0.29) is 31.3 Å². The highest BCUT2D eigenvalue weighted by Crippen LogP contribution is 2.30. The molecule has 1 aromatic rings. The van der Waals surface area contributed by atoms with Gasteiger partial charge in [0.2, 0.25) is 10.0 Å². The molecule has 1 aliphatic rings. The smallest absolute Gasteiger partial charge is 0.246 e. The van der Waals surface area contributed by atoms with Gasteiger partial charge in [-0.25, -0.2) is 12.8 Å². The first-order valence-electron chi connectivity index (χ1n) is 5.21. The zero-order valence-electron chi connectivity index (χ0n) is 9.31. The van der Waals surface area contributed by atoms with Crippen molar-refractivity contribution in [3.63, 3.8) is 0 Å². The summed E-state index contributed by atoms with van der Waals surface area (Å²) in [5.74, 6) is -0.917. The third kappa shape index (κ3) is 2.25. The van der Waals surface area contributed by atoms with Crippen LogP contribution in [0.1, 0.15) is 0 Å². The van der Waals surface area contributed by atoms with Crippen LogP contribution in [0.2, 0.25) is 0 Å². The summed E-state index contributed by atoms with van der Waals surface area (Å²) in [5.41, 5.74) is 5.72. The molecule has 0 spiro atoms. The van der Waals surface area contributed by atoms with Crippen molar-refractivity contribution in [1.29, 1.82) is 0 Å². The molecule has 0 radical (unpaired) electrons. The van der Waals surface area contributed by atoms with Crippen LogP contribution in [0.15, 0.2) is 21.5 Å². The largest absolute Gasteiger partial charge is 0.398 e. The Bertz CT molecular complexity index is 573. The fraction of sp³-hybridized carbons (Fsp3) is 0.400.